The molecule has 1 aromatic carbocycles. The number of carbonyl (C=O) groups is 2. The second-order valence-corrected chi connectivity index (χ2v) is 9.88. The third-order valence-corrected chi connectivity index (χ3v) is 7.84. The molecule has 1 N–H and O–H groups in total. The maximum atomic E-state index is 13.2. The maximum absolute atomic E-state index is 13.2. The summed E-state index contributed by atoms with van der Waals surface area (Å²) in [7, 11) is -3.60. The van der Waals surface area contributed by atoms with Crippen molar-refractivity contribution in [3.05, 3.63) is 48.2 Å². The molecule has 0 spiro atoms. The first kappa shape index (κ1) is 21.5. The smallest absolute Gasteiger partial charge is 0.245 e. The van der Waals surface area contributed by atoms with E-state index in [2.05, 4.69) is 10.3 Å². The van der Waals surface area contributed by atoms with E-state index in [1.165, 1.54) is 11.0 Å². The summed E-state index contributed by atoms with van der Waals surface area (Å²) in [6.45, 7) is 2.31. The number of pyridine rings is 1. The normalized spacial score (nSPS) is 19.7. The van der Waals surface area contributed by atoms with Gasteiger partial charge in [0.1, 0.15) is 12.4 Å². The zero-order valence-corrected chi connectivity index (χ0v) is 18.3. The van der Waals surface area contributed by atoms with Crippen molar-refractivity contribution in [1.29, 1.82) is 0 Å². The van der Waals surface area contributed by atoms with E-state index < -0.39 is 10.0 Å². The highest BCUT2D eigenvalue weighted by molar-refractivity contribution is 7.89. The number of hydrogen-bond acceptors (Lipinski definition) is 5. The van der Waals surface area contributed by atoms with Crippen LogP contribution in [0.1, 0.15) is 38.2 Å². The van der Waals surface area contributed by atoms with Gasteiger partial charge in [0.2, 0.25) is 21.8 Å². The first-order valence-electron chi connectivity index (χ1n) is 10.5. The van der Waals surface area contributed by atoms with Crippen LogP contribution in [0.15, 0.2) is 47.5 Å². The molecule has 0 saturated carbocycles. The van der Waals surface area contributed by atoms with Crippen molar-refractivity contribution in [1.82, 2.24) is 9.29 Å². The number of sulfonamides is 1. The zero-order valence-electron chi connectivity index (χ0n) is 17.5. The van der Waals surface area contributed by atoms with Crippen LogP contribution >= 0.6 is 0 Å². The Bertz CT molecular complexity index is 1090. The Kier molecular flexibility index (Phi) is 6.06. The Balaban J connectivity index is 1.56. The highest BCUT2D eigenvalue weighted by atomic mass is 32.2. The van der Waals surface area contributed by atoms with E-state index in [4.69, 9.17) is 0 Å². The van der Waals surface area contributed by atoms with Gasteiger partial charge in [-0.05, 0) is 62.1 Å². The first-order chi connectivity index (χ1) is 14.9. The minimum atomic E-state index is -3.60. The van der Waals surface area contributed by atoms with Crippen molar-refractivity contribution < 1.29 is 18.0 Å². The highest BCUT2D eigenvalue weighted by Crippen LogP contribution is 2.32. The molecular weight excluding hydrogens is 416 g/mol. The molecule has 1 aromatic heterocycles. The summed E-state index contributed by atoms with van der Waals surface area (Å²) in [6.07, 6.45) is 5.01. The molecule has 0 bridgehead atoms. The summed E-state index contributed by atoms with van der Waals surface area (Å²) in [5, 5.41) is 2.68. The molecule has 31 heavy (non-hydrogen) atoms. The van der Waals surface area contributed by atoms with Gasteiger partial charge in [-0.2, -0.15) is 4.31 Å². The summed E-state index contributed by atoms with van der Waals surface area (Å²) in [4.78, 5) is 30.7. The van der Waals surface area contributed by atoms with Gasteiger partial charge in [-0.1, -0.05) is 12.5 Å². The second kappa shape index (κ2) is 8.76. The van der Waals surface area contributed by atoms with Gasteiger partial charge in [0.15, 0.2) is 0 Å². The fraction of sp³-hybridized carbons (Fsp3) is 0.409. The van der Waals surface area contributed by atoms with Crippen molar-refractivity contribution >= 4 is 33.3 Å². The Morgan fingerprint density at radius 1 is 1.19 bits per heavy atom. The van der Waals surface area contributed by atoms with Crippen molar-refractivity contribution in [3.8, 4) is 0 Å². The molecule has 9 heteroatoms. The predicted molar refractivity (Wildman–Crippen MR) is 117 cm³/mol. The minimum absolute atomic E-state index is 0.0249. The van der Waals surface area contributed by atoms with Gasteiger partial charge in [-0.25, -0.2) is 13.4 Å². The second-order valence-electron chi connectivity index (χ2n) is 7.99. The lowest BCUT2D eigenvalue weighted by molar-refractivity contribution is -0.121. The third-order valence-electron chi connectivity index (χ3n) is 5.83. The number of carbonyl (C=O) groups excluding carboxylic acids is 2. The molecule has 1 saturated heterocycles. The topological polar surface area (TPSA) is 99.7 Å². The quantitative estimate of drug-likeness (QED) is 0.767. The molecule has 2 amide bonds. The van der Waals surface area contributed by atoms with Gasteiger partial charge < -0.3 is 10.2 Å². The van der Waals surface area contributed by atoms with E-state index in [1.54, 1.807) is 40.8 Å². The number of aryl methyl sites for hydroxylation is 1. The monoisotopic (exact) mass is 442 g/mol. The van der Waals surface area contributed by atoms with Crippen LogP contribution in [0.3, 0.4) is 0 Å². The number of benzene rings is 1. The number of anilines is 2. The summed E-state index contributed by atoms with van der Waals surface area (Å²) in [5.41, 5.74) is 1.34. The van der Waals surface area contributed by atoms with Gasteiger partial charge in [-0.3, -0.25) is 9.59 Å². The molecule has 2 aromatic rings. The molecule has 164 valence electrons. The van der Waals surface area contributed by atoms with Crippen LogP contribution < -0.4 is 10.2 Å². The molecule has 2 aliphatic rings. The lowest BCUT2D eigenvalue weighted by Gasteiger charge is -2.33. The van der Waals surface area contributed by atoms with Crippen LogP contribution in [-0.4, -0.2) is 48.7 Å². The number of nitrogens with zero attached hydrogens (tertiary/aromatic N) is 3. The molecule has 4 rings (SSSR count). The Morgan fingerprint density at radius 3 is 2.77 bits per heavy atom. The summed E-state index contributed by atoms with van der Waals surface area (Å²) < 4.78 is 27.9. The van der Waals surface area contributed by atoms with Crippen LogP contribution in [0.2, 0.25) is 0 Å². The Labute approximate surface area is 182 Å². The van der Waals surface area contributed by atoms with E-state index in [0.717, 1.165) is 24.8 Å². The number of nitrogens with one attached hydrogen (secondary N) is 1. The van der Waals surface area contributed by atoms with Crippen molar-refractivity contribution in [2.24, 2.45) is 0 Å². The highest BCUT2D eigenvalue weighted by Gasteiger charge is 2.33. The molecule has 1 atom stereocenters. The molecule has 8 nitrogen and oxygen atoms in total. The lowest BCUT2D eigenvalue weighted by Crippen LogP contribution is -2.42. The number of piperidine rings is 1. The predicted octanol–water partition coefficient (Wildman–Crippen LogP) is 2.56. The molecule has 0 aliphatic carbocycles. The fourth-order valence-corrected chi connectivity index (χ4v) is 5.95. The number of aromatic nitrogens is 1. The van der Waals surface area contributed by atoms with E-state index in [9.17, 15) is 18.0 Å². The van der Waals surface area contributed by atoms with E-state index in [1.807, 2.05) is 6.92 Å². The molecule has 3 heterocycles. The molecule has 2 aliphatic heterocycles. The fourth-order valence-electron chi connectivity index (χ4n) is 4.20. The summed E-state index contributed by atoms with van der Waals surface area (Å²) in [6, 6.07) is 9.98. The lowest BCUT2D eigenvalue weighted by atomic mass is 10.0. The summed E-state index contributed by atoms with van der Waals surface area (Å²) >= 11 is 0. The Morgan fingerprint density at radius 2 is 2.03 bits per heavy atom. The molecule has 1 unspecified atom stereocenters. The SMILES string of the molecule is CC1CCCCN1S(=O)(=O)c1ccc2c(c1)CCC(=O)N2CC(=O)Nc1ccccn1. The summed E-state index contributed by atoms with van der Waals surface area (Å²) in [5.74, 6) is -0.114. The van der Waals surface area contributed by atoms with Crippen molar-refractivity contribution in [2.45, 2.75) is 50.0 Å². The largest absolute Gasteiger partial charge is 0.309 e. The average Bonchev–Trinajstić information content (AvgIpc) is 2.76. The Hall–Kier alpha value is -2.78. The average molecular weight is 443 g/mol. The van der Waals surface area contributed by atoms with E-state index >= 15 is 0 Å². The van der Waals surface area contributed by atoms with E-state index in [0.29, 0.717) is 24.5 Å². The molecule has 1 fully saturated rings. The number of hydrogen-bond donors (Lipinski definition) is 1. The van der Waals surface area contributed by atoms with Crippen LogP contribution in [0.4, 0.5) is 11.5 Å². The minimum Gasteiger partial charge on any atom is -0.309 e. The van der Waals surface area contributed by atoms with Crippen molar-refractivity contribution in [3.63, 3.8) is 0 Å². The van der Waals surface area contributed by atoms with Gasteiger partial charge in [0.25, 0.3) is 0 Å². The standard InChI is InChI=1S/C22H26N4O4S/c1-16-6-3-5-13-26(16)31(29,30)18-9-10-19-17(14-18)8-11-22(28)25(19)15-21(27)24-20-7-2-4-12-23-20/h2,4,7,9-10,12,14,16H,3,5-6,8,11,13,15H2,1H3,(H,23,24,27). The van der Waals surface area contributed by atoms with E-state index in [-0.39, 0.29) is 35.7 Å². The molecular formula is C22H26N4O4S. The van der Waals surface area contributed by atoms with Crippen LogP contribution in [0.5, 0.6) is 0 Å². The number of fused-ring (bicyclic) bond motifs is 1. The maximum Gasteiger partial charge on any atom is 0.245 e. The van der Waals surface area contributed by atoms with Crippen LogP contribution in [0.25, 0.3) is 0 Å². The van der Waals surface area contributed by atoms with Gasteiger partial charge in [0, 0.05) is 30.9 Å². The van der Waals surface area contributed by atoms with Crippen LogP contribution in [0, 0.1) is 0 Å². The van der Waals surface area contributed by atoms with Crippen molar-refractivity contribution in [2.75, 3.05) is 23.3 Å². The van der Waals surface area contributed by atoms with Gasteiger partial charge in [-0.15, -0.1) is 0 Å². The number of rotatable bonds is 5. The number of amides is 2. The first-order valence-corrected chi connectivity index (χ1v) is 12.0. The van der Waals surface area contributed by atoms with Gasteiger partial charge in [0.05, 0.1) is 4.90 Å². The van der Waals surface area contributed by atoms with Gasteiger partial charge >= 0.3 is 0 Å². The van der Waals surface area contributed by atoms with Crippen LogP contribution in [-0.2, 0) is 26.0 Å². The third kappa shape index (κ3) is 4.47. The zero-order chi connectivity index (χ0) is 22.0. The molecule has 0 radical (unpaired) electrons.